The van der Waals surface area contributed by atoms with Crippen molar-refractivity contribution in [3.63, 3.8) is 0 Å². The second-order valence-corrected chi connectivity index (χ2v) is 5.52. The van der Waals surface area contributed by atoms with Gasteiger partial charge >= 0.3 is 0 Å². The van der Waals surface area contributed by atoms with E-state index >= 15 is 0 Å². The van der Waals surface area contributed by atoms with Crippen LogP contribution in [0, 0.1) is 5.92 Å². The Hall–Kier alpha value is -0.730. The average Bonchev–Trinajstić information content (AvgIpc) is 3.19. The van der Waals surface area contributed by atoms with Crippen molar-refractivity contribution in [1.29, 1.82) is 0 Å². The maximum absolute atomic E-state index is 6.04. The molecule has 1 unspecified atom stereocenters. The van der Waals surface area contributed by atoms with E-state index in [0.717, 1.165) is 23.1 Å². The Morgan fingerprint density at radius 2 is 2.22 bits per heavy atom. The fourth-order valence-electron chi connectivity index (χ4n) is 2.57. The molecule has 0 radical (unpaired) electrons. The number of halogens is 1. The topological polar surface area (TPSA) is 21.3 Å². The van der Waals surface area contributed by atoms with Gasteiger partial charge in [0.15, 0.2) is 0 Å². The van der Waals surface area contributed by atoms with E-state index in [1.54, 1.807) is 7.11 Å². The Morgan fingerprint density at radius 3 is 2.83 bits per heavy atom. The minimum atomic E-state index is 0.690. The fourth-order valence-corrected chi connectivity index (χ4v) is 2.76. The maximum atomic E-state index is 6.04. The second-order valence-electron chi connectivity index (χ2n) is 5.08. The van der Waals surface area contributed by atoms with Crippen molar-refractivity contribution < 1.29 is 4.74 Å². The van der Waals surface area contributed by atoms with Gasteiger partial charge in [-0.2, -0.15) is 0 Å². The molecule has 1 aromatic rings. The summed E-state index contributed by atoms with van der Waals surface area (Å²) >= 11 is 6.04. The molecule has 1 atom stereocenters. The molecule has 1 saturated carbocycles. The summed E-state index contributed by atoms with van der Waals surface area (Å²) in [6.07, 6.45) is 6.24. The molecule has 100 valence electrons. The predicted molar refractivity (Wildman–Crippen MR) is 76.5 cm³/mol. The standard InChI is InChI=1S/C15H22ClNO/c1-17-14(11-6-7-11)5-3-4-12-10-13(16)8-9-15(12)18-2/h8-11,14,17H,3-7H2,1-2H3. The first-order chi connectivity index (χ1) is 8.74. The van der Waals surface area contributed by atoms with Crippen LogP contribution in [-0.2, 0) is 6.42 Å². The summed E-state index contributed by atoms with van der Waals surface area (Å²) < 4.78 is 5.37. The lowest BCUT2D eigenvalue weighted by molar-refractivity contribution is 0.406. The molecule has 1 aliphatic carbocycles. The van der Waals surface area contributed by atoms with Crippen LogP contribution in [-0.4, -0.2) is 20.2 Å². The molecule has 1 aliphatic rings. The predicted octanol–water partition coefficient (Wildman–Crippen LogP) is 3.67. The van der Waals surface area contributed by atoms with E-state index in [-0.39, 0.29) is 0 Å². The molecule has 2 nitrogen and oxygen atoms in total. The van der Waals surface area contributed by atoms with E-state index in [1.807, 2.05) is 18.2 Å². The summed E-state index contributed by atoms with van der Waals surface area (Å²) in [4.78, 5) is 0. The SMILES string of the molecule is CNC(CCCc1cc(Cl)ccc1OC)C1CC1. The quantitative estimate of drug-likeness (QED) is 0.814. The zero-order valence-corrected chi connectivity index (χ0v) is 12.0. The number of aryl methyl sites for hydroxylation is 1. The van der Waals surface area contributed by atoms with Crippen molar-refractivity contribution >= 4 is 11.6 Å². The van der Waals surface area contributed by atoms with Gasteiger partial charge in [0.2, 0.25) is 0 Å². The molecule has 1 aromatic carbocycles. The molecule has 0 amide bonds. The molecule has 0 spiro atoms. The summed E-state index contributed by atoms with van der Waals surface area (Å²) in [7, 11) is 3.79. The Bertz CT molecular complexity index is 390. The first-order valence-corrected chi connectivity index (χ1v) is 7.12. The first kappa shape index (κ1) is 13.7. The van der Waals surface area contributed by atoms with E-state index in [9.17, 15) is 0 Å². The fraction of sp³-hybridized carbons (Fsp3) is 0.600. The van der Waals surface area contributed by atoms with Gasteiger partial charge in [0.05, 0.1) is 7.11 Å². The number of hydrogen-bond acceptors (Lipinski definition) is 2. The first-order valence-electron chi connectivity index (χ1n) is 6.74. The molecule has 1 N–H and O–H groups in total. The van der Waals surface area contributed by atoms with Crippen LogP contribution in [0.25, 0.3) is 0 Å². The minimum Gasteiger partial charge on any atom is -0.496 e. The zero-order valence-electron chi connectivity index (χ0n) is 11.2. The summed E-state index contributed by atoms with van der Waals surface area (Å²) in [5.74, 6) is 1.86. The third-order valence-electron chi connectivity index (χ3n) is 3.77. The van der Waals surface area contributed by atoms with Crippen molar-refractivity contribution in [3.8, 4) is 5.75 Å². The van der Waals surface area contributed by atoms with Crippen molar-refractivity contribution in [1.82, 2.24) is 5.32 Å². The van der Waals surface area contributed by atoms with Gasteiger partial charge in [-0.15, -0.1) is 0 Å². The maximum Gasteiger partial charge on any atom is 0.122 e. The van der Waals surface area contributed by atoms with Crippen LogP contribution in [0.15, 0.2) is 18.2 Å². The highest BCUT2D eigenvalue weighted by Crippen LogP contribution is 2.34. The molecule has 18 heavy (non-hydrogen) atoms. The van der Waals surface area contributed by atoms with E-state index in [4.69, 9.17) is 16.3 Å². The van der Waals surface area contributed by atoms with Gasteiger partial charge < -0.3 is 10.1 Å². The number of ether oxygens (including phenoxy) is 1. The normalized spacial score (nSPS) is 16.6. The van der Waals surface area contributed by atoms with E-state index in [1.165, 1.54) is 31.2 Å². The summed E-state index contributed by atoms with van der Waals surface area (Å²) in [6.45, 7) is 0. The molecule has 1 fully saturated rings. The van der Waals surface area contributed by atoms with Crippen molar-refractivity contribution in [2.45, 2.75) is 38.1 Å². The van der Waals surface area contributed by atoms with E-state index in [0.29, 0.717) is 6.04 Å². The van der Waals surface area contributed by atoms with Crippen molar-refractivity contribution in [3.05, 3.63) is 28.8 Å². The lowest BCUT2D eigenvalue weighted by Crippen LogP contribution is -2.27. The molecule has 0 bridgehead atoms. The lowest BCUT2D eigenvalue weighted by atomic mass is 10.0. The Labute approximate surface area is 115 Å². The van der Waals surface area contributed by atoms with Crippen LogP contribution < -0.4 is 10.1 Å². The van der Waals surface area contributed by atoms with Crippen LogP contribution in [0.1, 0.15) is 31.2 Å². The highest BCUT2D eigenvalue weighted by Gasteiger charge is 2.29. The summed E-state index contributed by atoms with van der Waals surface area (Å²) in [6, 6.07) is 6.54. The van der Waals surface area contributed by atoms with Gasteiger partial charge in [0, 0.05) is 11.1 Å². The summed E-state index contributed by atoms with van der Waals surface area (Å²) in [5.41, 5.74) is 1.22. The average molecular weight is 268 g/mol. The number of methoxy groups -OCH3 is 1. The van der Waals surface area contributed by atoms with Crippen LogP contribution in [0.2, 0.25) is 5.02 Å². The van der Waals surface area contributed by atoms with Crippen molar-refractivity contribution in [2.24, 2.45) is 5.92 Å². The highest BCUT2D eigenvalue weighted by molar-refractivity contribution is 6.30. The van der Waals surface area contributed by atoms with E-state index < -0.39 is 0 Å². The van der Waals surface area contributed by atoms with Crippen LogP contribution >= 0.6 is 11.6 Å². The Morgan fingerprint density at radius 1 is 1.44 bits per heavy atom. The zero-order chi connectivity index (χ0) is 13.0. The smallest absolute Gasteiger partial charge is 0.122 e. The van der Waals surface area contributed by atoms with Gasteiger partial charge in [0.25, 0.3) is 0 Å². The van der Waals surface area contributed by atoms with Crippen LogP contribution in [0.3, 0.4) is 0 Å². The van der Waals surface area contributed by atoms with Gasteiger partial charge in [-0.25, -0.2) is 0 Å². The number of benzene rings is 1. The van der Waals surface area contributed by atoms with Gasteiger partial charge in [-0.1, -0.05) is 11.6 Å². The number of rotatable bonds is 7. The number of hydrogen-bond donors (Lipinski definition) is 1. The van der Waals surface area contributed by atoms with Crippen LogP contribution in [0.5, 0.6) is 5.75 Å². The molecular formula is C15H22ClNO. The monoisotopic (exact) mass is 267 g/mol. The van der Waals surface area contributed by atoms with E-state index in [2.05, 4.69) is 12.4 Å². The largest absolute Gasteiger partial charge is 0.496 e. The molecule has 0 saturated heterocycles. The summed E-state index contributed by atoms with van der Waals surface area (Å²) in [5, 5.41) is 4.22. The minimum absolute atomic E-state index is 0.690. The Balaban J connectivity index is 1.86. The lowest BCUT2D eigenvalue weighted by Gasteiger charge is -2.15. The second kappa shape index (κ2) is 6.44. The van der Waals surface area contributed by atoms with Crippen molar-refractivity contribution in [2.75, 3.05) is 14.2 Å². The molecule has 0 aliphatic heterocycles. The van der Waals surface area contributed by atoms with Gasteiger partial charge in [-0.05, 0) is 68.8 Å². The van der Waals surface area contributed by atoms with Gasteiger partial charge in [-0.3, -0.25) is 0 Å². The molecule has 2 rings (SSSR count). The van der Waals surface area contributed by atoms with Gasteiger partial charge in [0.1, 0.15) is 5.75 Å². The third kappa shape index (κ3) is 3.63. The van der Waals surface area contributed by atoms with Crippen LogP contribution in [0.4, 0.5) is 0 Å². The Kier molecular flexibility index (Phi) is 4.90. The molecule has 3 heteroatoms. The molecule has 0 aromatic heterocycles. The number of nitrogens with one attached hydrogen (secondary N) is 1. The highest BCUT2D eigenvalue weighted by atomic mass is 35.5. The molecular weight excluding hydrogens is 246 g/mol. The third-order valence-corrected chi connectivity index (χ3v) is 4.00. The molecule has 0 heterocycles.